The van der Waals surface area contributed by atoms with Crippen LogP contribution < -0.4 is 5.32 Å². The van der Waals surface area contributed by atoms with Gasteiger partial charge in [-0.15, -0.1) is 0 Å². The van der Waals surface area contributed by atoms with E-state index in [0.29, 0.717) is 11.6 Å². The van der Waals surface area contributed by atoms with Crippen LogP contribution in [0, 0.1) is 5.92 Å². The summed E-state index contributed by atoms with van der Waals surface area (Å²) in [7, 11) is 0. The summed E-state index contributed by atoms with van der Waals surface area (Å²) in [5.74, 6) is 0.597. The van der Waals surface area contributed by atoms with Crippen molar-refractivity contribution < 1.29 is 4.79 Å². The molecular weight excluding hydrogens is 262 g/mol. The number of nitrogens with zero attached hydrogens (tertiary/aromatic N) is 2. The highest BCUT2D eigenvalue weighted by Crippen LogP contribution is 2.28. The van der Waals surface area contributed by atoms with E-state index in [1.54, 1.807) is 6.20 Å². The standard InChI is InChI=1S/C17H19N3O/c21-17(19-15-11-20-9-6-13(15)7-10-20)16-14-4-2-1-3-12(14)5-8-18-16/h1-5,8,13,15H,6-7,9-11H2,(H,19,21). The van der Waals surface area contributed by atoms with Crippen LogP contribution in [0.25, 0.3) is 10.8 Å². The Labute approximate surface area is 124 Å². The summed E-state index contributed by atoms with van der Waals surface area (Å²) in [6, 6.07) is 10.1. The average molecular weight is 281 g/mol. The molecule has 2 bridgehead atoms. The fourth-order valence-corrected chi connectivity index (χ4v) is 3.67. The van der Waals surface area contributed by atoms with Crippen LogP contribution in [0.1, 0.15) is 23.3 Å². The molecule has 3 saturated heterocycles. The van der Waals surface area contributed by atoms with Gasteiger partial charge in [0.25, 0.3) is 5.91 Å². The molecule has 0 saturated carbocycles. The van der Waals surface area contributed by atoms with E-state index >= 15 is 0 Å². The van der Waals surface area contributed by atoms with Crippen molar-refractivity contribution in [3.63, 3.8) is 0 Å². The minimum atomic E-state index is -0.0365. The van der Waals surface area contributed by atoms with Gasteiger partial charge in [0.1, 0.15) is 5.69 Å². The normalized spacial score (nSPS) is 27.7. The largest absolute Gasteiger partial charge is 0.346 e. The molecule has 21 heavy (non-hydrogen) atoms. The topological polar surface area (TPSA) is 45.2 Å². The number of nitrogens with one attached hydrogen (secondary N) is 1. The van der Waals surface area contributed by atoms with E-state index in [1.807, 2.05) is 30.3 Å². The third-order valence-electron chi connectivity index (χ3n) is 4.86. The summed E-state index contributed by atoms with van der Waals surface area (Å²) in [4.78, 5) is 19.4. The lowest BCUT2D eigenvalue weighted by Gasteiger charge is -2.44. The third kappa shape index (κ3) is 2.29. The zero-order valence-corrected chi connectivity index (χ0v) is 12.0. The van der Waals surface area contributed by atoms with E-state index in [4.69, 9.17) is 0 Å². The smallest absolute Gasteiger partial charge is 0.270 e. The number of carbonyl (C=O) groups excluding carboxylic acids is 1. The van der Waals surface area contributed by atoms with Crippen molar-refractivity contribution in [3.05, 3.63) is 42.2 Å². The molecule has 0 spiro atoms. The van der Waals surface area contributed by atoms with E-state index < -0.39 is 0 Å². The van der Waals surface area contributed by atoms with Gasteiger partial charge in [-0.05, 0) is 43.3 Å². The molecule has 1 unspecified atom stereocenters. The molecule has 3 fully saturated rings. The summed E-state index contributed by atoms with van der Waals surface area (Å²) in [6.45, 7) is 3.36. The number of pyridine rings is 1. The van der Waals surface area contributed by atoms with Gasteiger partial charge in [0.05, 0.1) is 0 Å². The first-order valence-corrected chi connectivity index (χ1v) is 7.68. The van der Waals surface area contributed by atoms with Gasteiger partial charge in [-0.3, -0.25) is 9.78 Å². The SMILES string of the molecule is O=C(NC1CN2CCC1CC2)c1nccc2ccccc12. The number of hydrogen-bond acceptors (Lipinski definition) is 3. The van der Waals surface area contributed by atoms with Crippen molar-refractivity contribution in [1.29, 1.82) is 0 Å². The number of amides is 1. The summed E-state index contributed by atoms with van der Waals surface area (Å²) < 4.78 is 0. The van der Waals surface area contributed by atoms with Crippen LogP contribution in [0.4, 0.5) is 0 Å². The lowest BCUT2D eigenvalue weighted by atomic mass is 9.84. The zero-order valence-electron chi connectivity index (χ0n) is 12.0. The van der Waals surface area contributed by atoms with Crippen LogP contribution in [-0.2, 0) is 0 Å². The maximum atomic E-state index is 12.6. The van der Waals surface area contributed by atoms with E-state index in [-0.39, 0.29) is 11.9 Å². The van der Waals surface area contributed by atoms with E-state index in [0.717, 1.165) is 17.3 Å². The van der Waals surface area contributed by atoms with Crippen molar-refractivity contribution >= 4 is 16.7 Å². The molecule has 1 aromatic heterocycles. The molecule has 1 atom stereocenters. The Morgan fingerprint density at radius 2 is 2.00 bits per heavy atom. The van der Waals surface area contributed by atoms with Crippen molar-refractivity contribution in [2.45, 2.75) is 18.9 Å². The van der Waals surface area contributed by atoms with Gasteiger partial charge in [-0.1, -0.05) is 24.3 Å². The Morgan fingerprint density at radius 1 is 1.19 bits per heavy atom. The van der Waals surface area contributed by atoms with Crippen LogP contribution in [0.15, 0.2) is 36.5 Å². The summed E-state index contributed by atoms with van der Waals surface area (Å²) in [5, 5.41) is 5.21. The fraction of sp³-hybridized carbons (Fsp3) is 0.412. The van der Waals surface area contributed by atoms with Crippen LogP contribution in [0.2, 0.25) is 0 Å². The van der Waals surface area contributed by atoms with Gasteiger partial charge in [-0.2, -0.15) is 0 Å². The lowest BCUT2D eigenvalue weighted by molar-refractivity contribution is 0.0619. The first-order chi connectivity index (χ1) is 10.3. The Hall–Kier alpha value is -1.94. The quantitative estimate of drug-likeness (QED) is 0.916. The molecule has 4 nitrogen and oxygen atoms in total. The highest BCUT2D eigenvalue weighted by molar-refractivity contribution is 6.05. The maximum Gasteiger partial charge on any atom is 0.270 e. The van der Waals surface area contributed by atoms with Gasteiger partial charge in [0.15, 0.2) is 0 Å². The number of hydrogen-bond donors (Lipinski definition) is 1. The molecule has 3 aliphatic rings. The van der Waals surface area contributed by atoms with Crippen molar-refractivity contribution in [3.8, 4) is 0 Å². The molecule has 2 aromatic rings. The van der Waals surface area contributed by atoms with Gasteiger partial charge >= 0.3 is 0 Å². The zero-order chi connectivity index (χ0) is 14.2. The molecule has 108 valence electrons. The van der Waals surface area contributed by atoms with Crippen molar-refractivity contribution in [2.24, 2.45) is 5.92 Å². The molecule has 3 aliphatic heterocycles. The minimum Gasteiger partial charge on any atom is -0.346 e. The molecule has 1 amide bonds. The number of fused-ring (bicyclic) bond motifs is 4. The third-order valence-corrected chi connectivity index (χ3v) is 4.86. The molecule has 0 aliphatic carbocycles. The Bertz CT molecular complexity index is 671. The van der Waals surface area contributed by atoms with Crippen LogP contribution in [0.5, 0.6) is 0 Å². The molecular formula is C17H19N3O. The first-order valence-electron chi connectivity index (χ1n) is 7.68. The molecule has 5 rings (SSSR count). The van der Waals surface area contributed by atoms with Crippen LogP contribution >= 0.6 is 0 Å². The second kappa shape index (κ2) is 5.11. The molecule has 4 heterocycles. The second-order valence-corrected chi connectivity index (χ2v) is 6.10. The molecule has 0 radical (unpaired) electrons. The molecule has 1 N–H and O–H groups in total. The predicted molar refractivity (Wildman–Crippen MR) is 82.2 cm³/mol. The van der Waals surface area contributed by atoms with Crippen molar-refractivity contribution in [2.75, 3.05) is 19.6 Å². The number of benzene rings is 1. The number of piperidine rings is 3. The lowest BCUT2D eigenvalue weighted by Crippen LogP contribution is -2.57. The molecule has 4 heteroatoms. The number of aromatic nitrogens is 1. The van der Waals surface area contributed by atoms with Crippen LogP contribution in [0.3, 0.4) is 0 Å². The van der Waals surface area contributed by atoms with E-state index in [9.17, 15) is 4.79 Å². The highest BCUT2D eigenvalue weighted by atomic mass is 16.2. The first kappa shape index (κ1) is 12.8. The van der Waals surface area contributed by atoms with Crippen molar-refractivity contribution in [1.82, 2.24) is 15.2 Å². The number of rotatable bonds is 2. The predicted octanol–water partition coefficient (Wildman–Crippen LogP) is 2.06. The number of carbonyl (C=O) groups is 1. The van der Waals surface area contributed by atoms with Gasteiger partial charge < -0.3 is 10.2 Å². The minimum absolute atomic E-state index is 0.0365. The highest BCUT2D eigenvalue weighted by Gasteiger charge is 2.35. The molecule has 1 aromatic carbocycles. The monoisotopic (exact) mass is 281 g/mol. The Kier molecular flexibility index (Phi) is 3.11. The summed E-state index contributed by atoms with van der Waals surface area (Å²) in [5.41, 5.74) is 0.546. The van der Waals surface area contributed by atoms with Crippen LogP contribution in [-0.4, -0.2) is 41.5 Å². The van der Waals surface area contributed by atoms with E-state index in [2.05, 4.69) is 15.2 Å². The summed E-state index contributed by atoms with van der Waals surface area (Å²) >= 11 is 0. The summed E-state index contributed by atoms with van der Waals surface area (Å²) in [6.07, 6.45) is 4.12. The van der Waals surface area contributed by atoms with Gasteiger partial charge in [0, 0.05) is 24.2 Å². The van der Waals surface area contributed by atoms with Gasteiger partial charge in [-0.25, -0.2) is 0 Å². The van der Waals surface area contributed by atoms with E-state index in [1.165, 1.54) is 25.9 Å². The maximum absolute atomic E-state index is 12.6. The Morgan fingerprint density at radius 3 is 2.76 bits per heavy atom. The van der Waals surface area contributed by atoms with Gasteiger partial charge in [0.2, 0.25) is 0 Å². The second-order valence-electron chi connectivity index (χ2n) is 6.10. The Balaban J connectivity index is 1.59. The average Bonchev–Trinajstić information content (AvgIpc) is 2.55. The fourth-order valence-electron chi connectivity index (χ4n) is 3.67.